The topological polar surface area (TPSA) is 414 Å². The predicted molar refractivity (Wildman–Crippen MR) is 428 cm³/mol. The molecule has 0 spiro atoms. The van der Waals surface area contributed by atoms with Gasteiger partial charge in [0, 0.05) is 42.6 Å². The molecule has 4 aromatic rings. The molecule has 9 rings (SSSR count). The Kier molecular flexibility index (Phi) is 42.1. The number of rotatable bonds is 9. The van der Waals surface area contributed by atoms with E-state index in [1.807, 2.05) is 107 Å². The third-order valence-corrected chi connectivity index (χ3v) is 20.0. The molecular formula is C67H104I4N14Na2O18S. The van der Waals surface area contributed by atoms with Crippen LogP contribution in [-0.2, 0) is 53.5 Å². The van der Waals surface area contributed by atoms with Crippen LogP contribution in [-0.4, -0.2) is 252 Å². The second kappa shape index (κ2) is 45.5. The first kappa shape index (κ1) is 98.1. The summed E-state index contributed by atoms with van der Waals surface area (Å²) in [7, 11) is -1.82. The van der Waals surface area contributed by atoms with Crippen molar-refractivity contribution in [2.75, 3.05) is 7.11 Å². The minimum atomic E-state index is -3.11. The molecule has 0 aromatic carbocycles. The first-order valence-corrected chi connectivity index (χ1v) is 48.3. The number of carboxylic acids is 1. The second-order valence-electron chi connectivity index (χ2n) is 29.6. The molecule has 0 bridgehead atoms. The van der Waals surface area contributed by atoms with Gasteiger partial charge in [0.2, 0.25) is 5.91 Å². The summed E-state index contributed by atoms with van der Waals surface area (Å²) in [4.78, 5) is 141. The van der Waals surface area contributed by atoms with Crippen molar-refractivity contribution in [1.29, 1.82) is 0 Å². The van der Waals surface area contributed by atoms with E-state index in [9.17, 15) is 33.6 Å². The number of aromatic nitrogens is 8. The van der Waals surface area contributed by atoms with Crippen molar-refractivity contribution in [2.45, 2.75) is 285 Å². The van der Waals surface area contributed by atoms with E-state index in [1.165, 1.54) is 55.6 Å². The molecule has 39 heteroatoms. The number of hydrogen-bond acceptors (Lipinski definition) is 21. The number of methoxy groups -OCH3 is 1. The average Bonchev–Trinajstić information content (AvgIpc) is 1.60. The summed E-state index contributed by atoms with van der Waals surface area (Å²) >= 11 is 11.7. The van der Waals surface area contributed by atoms with Crippen LogP contribution in [0, 0.1) is 20.7 Å². The van der Waals surface area contributed by atoms with Crippen LogP contribution < -0.4 is 5.32 Å². The Labute approximate surface area is 706 Å². The summed E-state index contributed by atoms with van der Waals surface area (Å²) in [6.45, 7) is 36.1. The first-order chi connectivity index (χ1) is 49.1. The number of carbonyl (C=O) groups excluding carboxylic acids is 8. The maximum atomic E-state index is 13.1. The molecule has 4 aromatic heterocycles. The van der Waals surface area contributed by atoms with Crippen LogP contribution in [0.25, 0.3) is 0 Å². The van der Waals surface area contributed by atoms with E-state index in [0.29, 0.717) is 12.8 Å². The van der Waals surface area contributed by atoms with E-state index in [4.69, 9.17) is 46.3 Å². The Morgan fingerprint density at radius 2 is 0.868 bits per heavy atom. The summed E-state index contributed by atoms with van der Waals surface area (Å²) in [5.74, 6) is 2.25. The van der Waals surface area contributed by atoms with Crippen LogP contribution in [0.3, 0.4) is 0 Å². The number of hydrogen-bond donors (Lipinski definition) is 6. The van der Waals surface area contributed by atoms with Gasteiger partial charge < -0.3 is 58.9 Å². The Morgan fingerprint density at radius 1 is 0.538 bits per heavy atom. The quantitative estimate of drug-likeness (QED) is 0.0298. The number of aromatic amines is 4. The molecule has 6 N–H and O–H groups in total. The van der Waals surface area contributed by atoms with Crippen LogP contribution in [0.5, 0.6) is 0 Å². The van der Waals surface area contributed by atoms with Crippen molar-refractivity contribution in [1.82, 2.24) is 69.7 Å². The van der Waals surface area contributed by atoms with Crippen LogP contribution in [0.1, 0.15) is 243 Å². The van der Waals surface area contributed by atoms with Crippen LogP contribution >= 0.6 is 90.4 Å². The third kappa shape index (κ3) is 32.8. The molecule has 11 atom stereocenters. The van der Waals surface area contributed by atoms with Gasteiger partial charge >= 0.3 is 90.7 Å². The summed E-state index contributed by atoms with van der Waals surface area (Å²) < 4.78 is 55.5. The van der Waals surface area contributed by atoms with Gasteiger partial charge in [0.05, 0.1) is 51.1 Å². The summed E-state index contributed by atoms with van der Waals surface area (Å²) in [6.07, 6.45) is 14.2. The molecule has 5 fully saturated rings. The molecule has 0 aliphatic carbocycles. The van der Waals surface area contributed by atoms with Gasteiger partial charge in [0.1, 0.15) is 65.2 Å². The second-order valence-corrected chi connectivity index (χ2v) is 34.4. The zero-order valence-electron chi connectivity index (χ0n) is 64.8. The number of aliphatic carboxylic acids is 1. The number of ether oxygens (including phenoxy) is 5. The number of amides is 6. The van der Waals surface area contributed by atoms with Gasteiger partial charge in [-0.25, -0.2) is 48.7 Å². The van der Waals surface area contributed by atoms with Crippen molar-refractivity contribution >= 4 is 200 Å². The molecule has 5 saturated heterocycles. The van der Waals surface area contributed by atoms with Gasteiger partial charge in [-0.1, -0.05) is 13.8 Å². The van der Waals surface area contributed by atoms with Crippen LogP contribution in [0.15, 0.2) is 24.8 Å². The zero-order chi connectivity index (χ0) is 81.3. The maximum absolute atomic E-state index is 13.1. The number of nitrogens with zero attached hydrogens (tertiary/aromatic N) is 9. The fourth-order valence-electron chi connectivity index (χ4n) is 11.9. The predicted octanol–water partition coefficient (Wildman–Crippen LogP) is 12.3. The van der Waals surface area contributed by atoms with Crippen molar-refractivity contribution in [2.24, 2.45) is 5.92 Å². The number of imidazole rings is 4. The summed E-state index contributed by atoms with van der Waals surface area (Å²) in [5.41, 5.74) is -2.01. The van der Waals surface area contributed by atoms with E-state index >= 15 is 0 Å². The molecule has 0 saturated carbocycles. The summed E-state index contributed by atoms with van der Waals surface area (Å²) in [6, 6.07) is -0.874. The number of alkyl carbamates (subject to hydrolysis) is 1. The summed E-state index contributed by atoms with van der Waals surface area (Å²) in [5, 5.41) is 11.7. The fraction of sp³-hybridized carbons (Fsp3) is 0.687. The van der Waals surface area contributed by atoms with E-state index in [2.05, 4.69) is 154 Å². The monoisotopic (exact) mass is 1980 g/mol. The number of nitrogens with one attached hydrogen (secondary N) is 5. The van der Waals surface area contributed by atoms with Crippen molar-refractivity contribution in [3.05, 3.63) is 62.9 Å². The molecule has 0 unspecified atom stereocenters. The SMILES string of the molecule is COC(=O)N[C@H](C(=O)N1[C@@H](C)CC[C@H]1c1ncc(I)[nH]1)C(C)C.C[C@H]1CC[C@@H](C(=O)O)N1C(=O)OC(C)(C)C.C[C@H]1CC[C@@H](c2nc(I)c(I)[nH]2)N1C(=O)OC(C)(C)C.C[C@H]1CC[C@@H](c2ncc(I)[nH]2)N1C(=O)OC(C)(C)C.C[C@H]1CC[C@@H](c2ncc[nH]2)N1C(=O)OC(C)(C)C.O=CC=O.O=S(=O)=O.[Na][Na]. The molecule has 32 nitrogen and oxygen atoms in total. The first-order valence-electron chi connectivity index (χ1n) is 35.0. The van der Waals surface area contributed by atoms with E-state index in [1.54, 1.807) is 55.4 Å². The molecule has 586 valence electrons. The standard InChI is InChI=1S/C15H23IN4O3.C13H19I2N3O2.C13H20IN3O2.C13H21N3O2.C11H19NO4.C2H2O2.2Na.O3S/c1-8(2)12(19-15(22)23-4)14(21)20-9(3)5-6-10(20)13-17-7-11(16)18-13;1-7-5-6-8(11-16-9(14)10(15)17-11)18(7)12(19)20-13(2,3)4;1-8-5-6-9(11-15-7-10(14)16-11)17(8)12(18)19-13(2,3)4;1-9-5-6-10(11-14-7-8-15-11)16(9)12(17)18-13(2,3)4;1-7-5-6-8(9(13)14)12(7)10(15)16-11(2,3)4;3-1-2-4;;;1-4(2)3/h7-10,12H,5-6H2,1-4H3,(H,17,18)(H,19,22);7-8H,5-6H2,1-4H3,(H,16,17);7-9H,5-6H2,1-4H3,(H,15,16);7-10H,5-6H2,1-4H3,(H,14,15);7-8H,5-6H2,1-4H3,(H,13,14);1-2H;;;/t9-,10-,12-;7-,8-;8-,9-;9-,10-;7-,8-;;;;/m00000..../s1. The minimum absolute atomic E-state index is 0.00449. The van der Waals surface area contributed by atoms with Crippen LogP contribution in [0.4, 0.5) is 24.0 Å². The molecule has 5 aliphatic rings. The fourth-order valence-corrected chi connectivity index (χ4v) is 13.5. The van der Waals surface area contributed by atoms with E-state index < -0.39 is 63.3 Å². The van der Waals surface area contributed by atoms with Gasteiger partial charge in [0.25, 0.3) is 0 Å². The average molecular weight is 1980 g/mol. The number of H-pyrrole nitrogens is 4. The molecule has 106 heavy (non-hydrogen) atoms. The van der Waals surface area contributed by atoms with Gasteiger partial charge in [0.15, 0.2) is 12.6 Å². The van der Waals surface area contributed by atoms with Gasteiger partial charge in [-0.15, -0.1) is 12.6 Å². The third-order valence-electron chi connectivity index (χ3n) is 16.3. The van der Waals surface area contributed by atoms with E-state index in [-0.39, 0.29) is 97.1 Å². The number of carboxylic acid groups (broad SMARTS) is 1. The van der Waals surface area contributed by atoms with Crippen LogP contribution in [0.2, 0.25) is 0 Å². The number of carbonyl (C=O) groups is 9. The molecule has 6 amide bonds. The van der Waals surface area contributed by atoms with Crippen molar-refractivity contribution in [3.8, 4) is 0 Å². The number of likely N-dealkylation sites (tertiary alicyclic amines) is 5. The zero-order valence-corrected chi connectivity index (χ0v) is 78.2. The van der Waals surface area contributed by atoms with Gasteiger partial charge in [-0.3, -0.25) is 34.0 Å². The normalized spacial score (nSPS) is 22.0. The number of halogens is 4. The molecule has 9 heterocycles. The molecular weight excluding hydrogens is 1870 g/mol. The van der Waals surface area contributed by atoms with Crippen molar-refractivity contribution in [3.63, 3.8) is 0 Å². The van der Waals surface area contributed by atoms with Gasteiger partial charge in [-0.2, -0.15) is 0 Å². The molecule has 5 aliphatic heterocycles. The Hall–Kier alpha value is -3.99. The Balaban J connectivity index is 0.000000437. The van der Waals surface area contributed by atoms with E-state index in [0.717, 1.165) is 89.5 Å². The Morgan fingerprint density at radius 3 is 1.16 bits per heavy atom. The molecule has 0 radical (unpaired) electrons. The Bertz CT molecular complexity index is 3570. The van der Waals surface area contributed by atoms with Crippen molar-refractivity contribution < 1.29 is 84.6 Å². The van der Waals surface area contributed by atoms with Gasteiger partial charge in [-0.05, 0) is 278 Å². The number of aldehydes is 2.